The van der Waals surface area contributed by atoms with Gasteiger partial charge in [0, 0.05) is 25.7 Å². The Labute approximate surface area is 123 Å². The second-order valence-corrected chi connectivity index (χ2v) is 7.49. The first-order valence-electron chi connectivity index (χ1n) is 8.06. The van der Waals surface area contributed by atoms with Crippen molar-refractivity contribution in [3.63, 3.8) is 0 Å². The highest BCUT2D eigenvalue weighted by Gasteiger charge is 2.42. The van der Waals surface area contributed by atoms with Crippen LogP contribution in [0.2, 0.25) is 0 Å². The van der Waals surface area contributed by atoms with E-state index in [9.17, 15) is 0 Å². The van der Waals surface area contributed by atoms with E-state index in [1.165, 1.54) is 31.4 Å². The molecule has 2 fully saturated rings. The number of hydrogen-bond acceptors (Lipinski definition) is 2. The Morgan fingerprint density at radius 1 is 1.15 bits per heavy atom. The van der Waals surface area contributed by atoms with Gasteiger partial charge in [-0.1, -0.05) is 50.6 Å². The molecule has 1 aromatic rings. The largest absolute Gasteiger partial charge is 0.305 e. The van der Waals surface area contributed by atoms with Gasteiger partial charge in [0.25, 0.3) is 0 Å². The molecule has 2 aliphatic rings. The van der Waals surface area contributed by atoms with Gasteiger partial charge in [0.1, 0.15) is 0 Å². The number of rotatable bonds is 2. The molecular formula is C18H28N2. The monoisotopic (exact) mass is 272 g/mol. The Kier molecular flexibility index (Phi) is 3.64. The van der Waals surface area contributed by atoms with Crippen LogP contribution in [0.3, 0.4) is 0 Å². The van der Waals surface area contributed by atoms with E-state index in [2.05, 4.69) is 61.3 Å². The van der Waals surface area contributed by atoms with Crippen molar-refractivity contribution >= 4 is 0 Å². The first kappa shape index (κ1) is 14.1. The van der Waals surface area contributed by atoms with Gasteiger partial charge in [-0.05, 0) is 30.7 Å². The quantitative estimate of drug-likeness (QED) is 0.888. The van der Waals surface area contributed by atoms with E-state index in [0.29, 0.717) is 5.41 Å². The molecule has 2 atom stereocenters. The molecule has 110 valence electrons. The summed E-state index contributed by atoms with van der Waals surface area (Å²) in [6.07, 6.45) is 4.14. The number of hydrogen-bond donors (Lipinski definition) is 1. The molecule has 1 saturated heterocycles. The summed E-state index contributed by atoms with van der Waals surface area (Å²) in [6.45, 7) is 10.7. The van der Waals surface area contributed by atoms with Crippen LogP contribution in [-0.2, 0) is 5.54 Å². The van der Waals surface area contributed by atoms with E-state index in [-0.39, 0.29) is 5.54 Å². The van der Waals surface area contributed by atoms with Crippen LogP contribution < -0.4 is 5.32 Å². The van der Waals surface area contributed by atoms with Crippen LogP contribution in [0.4, 0.5) is 0 Å². The van der Waals surface area contributed by atoms with E-state index < -0.39 is 0 Å². The molecular weight excluding hydrogens is 244 g/mol. The van der Waals surface area contributed by atoms with Gasteiger partial charge in [-0.15, -0.1) is 0 Å². The van der Waals surface area contributed by atoms with Crippen molar-refractivity contribution in [2.45, 2.75) is 51.6 Å². The standard InChI is InChI=1S/C18H28N2/c1-17(2)11-7-10-16(17)20-13-12-19-18(3,14-20)15-8-5-4-6-9-15/h4-6,8-9,16,19H,7,10-14H2,1-3H3. The highest BCUT2D eigenvalue weighted by molar-refractivity contribution is 5.25. The molecule has 0 spiro atoms. The van der Waals surface area contributed by atoms with Gasteiger partial charge in [-0.3, -0.25) is 4.90 Å². The summed E-state index contributed by atoms with van der Waals surface area (Å²) in [5.41, 5.74) is 1.99. The number of nitrogens with one attached hydrogen (secondary N) is 1. The molecule has 0 amide bonds. The van der Waals surface area contributed by atoms with E-state index in [0.717, 1.165) is 19.1 Å². The molecule has 1 heterocycles. The van der Waals surface area contributed by atoms with Crippen molar-refractivity contribution in [2.24, 2.45) is 5.41 Å². The lowest BCUT2D eigenvalue weighted by Gasteiger charge is -2.47. The lowest BCUT2D eigenvalue weighted by atomic mass is 9.83. The number of piperazine rings is 1. The third-order valence-electron chi connectivity index (χ3n) is 5.49. The van der Waals surface area contributed by atoms with E-state index in [1.807, 2.05) is 0 Å². The topological polar surface area (TPSA) is 15.3 Å². The minimum atomic E-state index is 0.0954. The van der Waals surface area contributed by atoms with Gasteiger partial charge in [0.05, 0.1) is 5.54 Å². The van der Waals surface area contributed by atoms with Crippen molar-refractivity contribution < 1.29 is 0 Å². The smallest absolute Gasteiger partial charge is 0.0535 e. The average Bonchev–Trinajstić information content (AvgIpc) is 2.79. The van der Waals surface area contributed by atoms with Crippen LogP contribution >= 0.6 is 0 Å². The zero-order valence-electron chi connectivity index (χ0n) is 13.2. The molecule has 0 radical (unpaired) electrons. The highest BCUT2D eigenvalue weighted by atomic mass is 15.3. The lowest BCUT2D eigenvalue weighted by molar-refractivity contribution is 0.0532. The molecule has 1 aliphatic heterocycles. The summed E-state index contributed by atoms with van der Waals surface area (Å²) in [4.78, 5) is 2.75. The fourth-order valence-electron chi connectivity index (χ4n) is 4.27. The Bertz CT molecular complexity index is 454. The summed E-state index contributed by atoms with van der Waals surface area (Å²) in [5, 5.41) is 3.75. The Morgan fingerprint density at radius 3 is 2.55 bits per heavy atom. The van der Waals surface area contributed by atoms with Gasteiger partial charge < -0.3 is 5.32 Å². The number of benzene rings is 1. The Morgan fingerprint density at radius 2 is 1.90 bits per heavy atom. The summed E-state index contributed by atoms with van der Waals surface area (Å²) in [5.74, 6) is 0. The lowest BCUT2D eigenvalue weighted by Crippen LogP contribution is -2.60. The maximum Gasteiger partial charge on any atom is 0.0535 e. The van der Waals surface area contributed by atoms with Crippen molar-refractivity contribution in [3.05, 3.63) is 35.9 Å². The van der Waals surface area contributed by atoms with E-state index in [1.54, 1.807) is 0 Å². The minimum absolute atomic E-state index is 0.0954. The molecule has 3 rings (SSSR count). The van der Waals surface area contributed by atoms with Gasteiger partial charge in [-0.25, -0.2) is 0 Å². The maximum absolute atomic E-state index is 3.75. The fraction of sp³-hybridized carbons (Fsp3) is 0.667. The van der Waals surface area contributed by atoms with Gasteiger partial charge in [0.15, 0.2) is 0 Å². The Balaban J connectivity index is 1.80. The average molecular weight is 272 g/mol. The van der Waals surface area contributed by atoms with Crippen LogP contribution in [0.15, 0.2) is 30.3 Å². The molecule has 2 heteroatoms. The van der Waals surface area contributed by atoms with Gasteiger partial charge in [0.2, 0.25) is 0 Å². The molecule has 1 saturated carbocycles. The predicted molar refractivity (Wildman–Crippen MR) is 84.8 cm³/mol. The second-order valence-electron chi connectivity index (χ2n) is 7.49. The van der Waals surface area contributed by atoms with Gasteiger partial charge in [-0.2, -0.15) is 0 Å². The molecule has 2 nitrogen and oxygen atoms in total. The third-order valence-corrected chi connectivity index (χ3v) is 5.49. The van der Waals surface area contributed by atoms with Crippen LogP contribution in [0.25, 0.3) is 0 Å². The summed E-state index contributed by atoms with van der Waals surface area (Å²) in [7, 11) is 0. The van der Waals surface area contributed by atoms with Crippen LogP contribution in [-0.4, -0.2) is 30.6 Å². The second kappa shape index (κ2) is 5.16. The molecule has 1 aliphatic carbocycles. The predicted octanol–water partition coefficient (Wildman–Crippen LogP) is 3.39. The Hall–Kier alpha value is -0.860. The van der Waals surface area contributed by atoms with Crippen LogP contribution in [0, 0.1) is 5.41 Å². The minimum Gasteiger partial charge on any atom is -0.305 e. The summed E-state index contributed by atoms with van der Waals surface area (Å²) in [6, 6.07) is 11.7. The van der Waals surface area contributed by atoms with Gasteiger partial charge >= 0.3 is 0 Å². The third kappa shape index (κ3) is 2.51. The normalized spacial score (nSPS) is 34.2. The molecule has 0 aromatic heterocycles. The number of nitrogens with zero attached hydrogens (tertiary/aromatic N) is 1. The zero-order valence-corrected chi connectivity index (χ0v) is 13.2. The summed E-state index contributed by atoms with van der Waals surface area (Å²) >= 11 is 0. The molecule has 20 heavy (non-hydrogen) atoms. The molecule has 2 unspecified atom stereocenters. The first-order valence-corrected chi connectivity index (χ1v) is 8.06. The van der Waals surface area contributed by atoms with Crippen molar-refractivity contribution in [1.82, 2.24) is 10.2 Å². The molecule has 0 bridgehead atoms. The van der Waals surface area contributed by atoms with Crippen molar-refractivity contribution in [1.29, 1.82) is 0 Å². The maximum atomic E-state index is 3.75. The molecule has 1 N–H and O–H groups in total. The van der Waals surface area contributed by atoms with E-state index >= 15 is 0 Å². The first-order chi connectivity index (χ1) is 9.51. The SMILES string of the molecule is CC1(c2ccccc2)CN(C2CCCC2(C)C)CCN1. The van der Waals surface area contributed by atoms with Crippen LogP contribution in [0.5, 0.6) is 0 Å². The van der Waals surface area contributed by atoms with E-state index in [4.69, 9.17) is 0 Å². The zero-order chi connectivity index (χ0) is 14.2. The summed E-state index contributed by atoms with van der Waals surface area (Å²) < 4.78 is 0. The highest BCUT2D eigenvalue weighted by Crippen LogP contribution is 2.42. The van der Waals surface area contributed by atoms with Crippen molar-refractivity contribution in [3.8, 4) is 0 Å². The van der Waals surface area contributed by atoms with Crippen molar-refractivity contribution in [2.75, 3.05) is 19.6 Å². The molecule has 1 aromatic carbocycles. The van der Waals surface area contributed by atoms with Crippen LogP contribution in [0.1, 0.15) is 45.6 Å². The fourth-order valence-corrected chi connectivity index (χ4v) is 4.27.